The van der Waals surface area contributed by atoms with Gasteiger partial charge in [0.05, 0.1) is 4.92 Å². The number of hydrogen-bond acceptors (Lipinski definition) is 4. The summed E-state index contributed by atoms with van der Waals surface area (Å²) < 4.78 is 6.36. The van der Waals surface area contributed by atoms with E-state index in [1.807, 2.05) is 30.3 Å². The average Bonchev–Trinajstić information content (AvgIpc) is 2.90. The maximum absolute atomic E-state index is 10.7. The number of nitro groups is 1. The van der Waals surface area contributed by atoms with Crippen LogP contribution in [0.25, 0.3) is 22.8 Å². The van der Waals surface area contributed by atoms with E-state index in [9.17, 15) is 10.1 Å². The van der Waals surface area contributed by atoms with Crippen LogP contribution in [-0.2, 0) is 0 Å². The van der Waals surface area contributed by atoms with Crippen LogP contribution in [-0.4, -0.2) is 9.91 Å². The Morgan fingerprint density at radius 2 is 1.64 bits per heavy atom. The number of rotatable bonds is 3. The van der Waals surface area contributed by atoms with Crippen molar-refractivity contribution in [1.82, 2.24) is 4.98 Å². The number of oxazole rings is 1. The van der Waals surface area contributed by atoms with Crippen LogP contribution in [0.5, 0.6) is 0 Å². The van der Waals surface area contributed by atoms with Crippen LogP contribution in [0, 0.1) is 10.1 Å². The first-order valence-electron chi connectivity index (χ1n) is 6.12. The molecule has 0 fully saturated rings. The monoisotopic (exact) mass is 424 g/mol. The van der Waals surface area contributed by atoms with Gasteiger partial charge < -0.3 is 4.42 Å². The molecule has 0 aliphatic heterocycles. The summed E-state index contributed by atoms with van der Waals surface area (Å²) >= 11 is 3.38. The van der Waals surface area contributed by atoms with E-state index in [0.29, 0.717) is 21.8 Å². The maximum atomic E-state index is 10.7. The smallest absolute Gasteiger partial charge is 0.269 e. The molecule has 0 radical (unpaired) electrons. The minimum absolute atomic E-state index is 0. The first-order valence-corrected chi connectivity index (χ1v) is 6.91. The lowest BCUT2D eigenvalue weighted by molar-refractivity contribution is -0.384. The van der Waals surface area contributed by atoms with Crippen LogP contribution in [0.2, 0.25) is 0 Å². The third-order valence-corrected chi connectivity index (χ3v) is 3.48. The Morgan fingerprint density at radius 1 is 1.00 bits per heavy atom. The molecule has 2 aromatic carbocycles. The summed E-state index contributed by atoms with van der Waals surface area (Å²) in [4.78, 5) is 14.5. The van der Waals surface area contributed by atoms with Crippen LogP contribution < -0.4 is 0 Å². The minimum Gasteiger partial charge on any atom is -0.435 e. The third kappa shape index (κ3) is 3.26. The van der Waals surface area contributed by atoms with Crippen molar-refractivity contribution < 1.29 is 9.34 Å². The quantitative estimate of drug-likeness (QED) is 0.424. The van der Waals surface area contributed by atoms with E-state index in [0.717, 1.165) is 5.56 Å². The molecular weight excluding hydrogens is 416 g/mol. The third-order valence-electron chi connectivity index (χ3n) is 2.95. The Labute approximate surface area is 145 Å². The molecule has 112 valence electrons. The van der Waals surface area contributed by atoms with Crippen molar-refractivity contribution in [3.05, 3.63) is 69.3 Å². The zero-order valence-corrected chi connectivity index (χ0v) is 14.4. The lowest BCUT2D eigenvalue weighted by Gasteiger charge is -1.96. The molecule has 0 amide bonds. The number of hydrogen-bond donors (Lipinski definition) is 0. The number of aromatic nitrogens is 1. The standard InChI is InChI=1S/C15H9BrN2O3.BrH/c16-14-13(10-4-2-1-3-5-10)21-15(17-14)11-6-8-12(9-7-11)18(19)20;/h1-9H;1H. The number of benzene rings is 2. The molecule has 0 saturated carbocycles. The normalized spacial score (nSPS) is 10.0. The Balaban J connectivity index is 0.00000176. The highest BCUT2D eigenvalue weighted by Gasteiger charge is 2.15. The lowest BCUT2D eigenvalue weighted by Crippen LogP contribution is -1.87. The van der Waals surface area contributed by atoms with Gasteiger partial charge in [-0.3, -0.25) is 10.1 Å². The fourth-order valence-corrected chi connectivity index (χ4v) is 2.39. The van der Waals surface area contributed by atoms with Crippen molar-refractivity contribution in [3.8, 4) is 22.8 Å². The molecule has 0 atom stereocenters. The molecule has 0 bridgehead atoms. The van der Waals surface area contributed by atoms with Crippen molar-refractivity contribution >= 4 is 38.6 Å². The Morgan fingerprint density at radius 3 is 2.23 bits per heavy atom. The largest absolute Gasteiger partial charge is 0.435 e. The fourth-order valence-electron chi connectivity index (χ4n) is 1.92. The van der Waals surface area contributed by atoms with Gasteiger partial charge in [-0.1, -0.05) is 30.3 Å². The van der Waals surface area contributed by atoms with Gasteiger partial charge >= 0.3 is 0 Å². The van der Waals surface area contributed by atoms with Crippen LogP contribution in [0.1, 0.15) is 0 Å². The molecule has 0 aliphatic rings. The number of halogens is 2. The van der Waals surface area contributed by atoms with Gasteiger partial charge in [-0.2, -0.15) is 0 Å². The van der Waals surface area contributed by atoms with Gasteiger partial charge in [-0.15, -0.1) is 17.0 Å². The van der Waals surface area contributed by atoms with E-state index >= 15 is 0 Å². The van der Waals surface area contributed by atoms with Crippen LogP contribution >= 0.6 is 32.9 Å². The zero-order valence-electron chi connectivity index (χ0n) is 11.1. The average molecular weight is 426 g/mol. The molecule has 0 spiro atoms. The van der Waals surface area contributed by atoms with Gasteiger partial charge in [0, 0.05) is 23.3 Å². The first kappa shape index (κ1) is 16.4. The van der Waals surface area contributed by atoms with Gasteiger partial charge in [0.15, 0.2) is 10.4 Å². The second-order valence-electron chi connectivity index (χ2n) is 4.31. The maximum Gasteiger partial charge on any atom is 0.269 e. The minimum atomic E-state index is -0.440. The summed E-state index contributed by atoms with van der Waals surface area (Å²) in [5.41, 5.74) is 1.63. The molecule has 0 aliphatic carbocycles. The molecule has 7 heteroatoms. The van der Waals surface area contributed by atoms with Crippen molar-refractivity contribution in [2.45, 2.75) is 0 Å². The van der Waals surface area contributed by atoms with Crippen molar-refractivity contribution in [2.75, 3.05) is 0 Å². The molecule has 3 rings (SSSR count). The predicted octanol–water partition coefficient (Wildman–Crippen LogP) is 5.26. The van der Waals surface area contributed by atoms with Crippen molar-refractivity contribution in [1.29, 1.82) is 0 Å². The van der Waals surface area contributed by atoms with E-state index in [2.05, 4.69) is 20.9 Å². The zero-order chi connectivity index (χ0) is 14.8. The lowest BCUT2D eigenvalue weighted by atomic mass is 10.2. The van der Waals surface area contributed by atoms with Crippen molar-refractivity contribution in [2.24, 2.45) is 0 Å². The Kier molecular flexibility index (Phi) is 5.10. The summed E-state index contributed by atoms with van der Waals surface area (Å²) in [7, 11) is 0. The van der Waals surface area contributed by atoms with Crippen LogP contribution in [0.4, 0.5) is 5.69 Å². The highest BCUT2D eigenvalue weighted by atomic mass is 79.9. The van der Waals surface area contributed by atoms with Gasteiger partial charge in [0.2, 0.25) is 5.89 Å². The van der Waals surface area contributed by atoms with E-state index in [-0.39, 0.29) is 22.7 Å². The Hall–Kier alpha value is -1.99. The molecule has 22 heavy (non-hydrogen) atoms. The molecular formula is C15H10Br2N2O3. The SMILES string of the molecule is Br.O=[N+]([O-])c1ccc(-c2nc(Br)c(-c3ccccc3)o2)cc1. The second-order valence-corrected chi connectivity index (χ2v) is 5.06. The number of nitrogens with zero attached hydrogens (tertiary/aromatic N) is 2. The van der Waals surface area contributed by atoms with Gasteiger partial charge in [0.1, 0.15) is 0 Å². The summed E-state index contributed by atoms with van der Waals surface area (Å²) in [5, 5.41) is 10.7. The molecule has 0 saturated heterocycles. The highest BCUT2D eigenvalue weighted by molar-refractivity contribution is 9.10. The van der Waals surface area contributed by atoms with Gasteiger partial charge in [-0.25, -0.2) is 4.98 Å². The fraction of sp³-hybridized carbons (Fsp3) is 0. The number of non-ortho nitro benzene ring substituents is 1. The van der Waals surface area contributed by atoms with E-state index in [1.165, 1.54) is 12.1 Å². The summed E-state index contributed by atoms with van der Waals surface area (Å²) in [6.07, 6.45) is 0. The topological polar surface area (TPSA) is 69.2 Å². The molecule has 1 aromatic heterocycles. The molecule has 5 nitrogen and oxygen atoms in total. The van der Waals surface area contributed by atoms with E-state index in [4.69, 9.17) is 4.42 Å². The number of nitro benzene ring substituents is 1. The van der Waals surface area contributed by atoms with Gasteiger partial charge in [0.25, 0.3) is 5.69 Å². The van der Waals surface area contributed by atoms with Crippen LogP contribution in [0.15, 0.2) is 63.6 Å². The second kappa shape index (κ2) is 6.85. The highest BCUT2D eigenvalue weighted by Crippen LogP contribution is 2.33. The van der Waals surface area contributed by atoms with E-state index in [1.54, 1.807) is 12.1 Å². The molecule has 1 heterocycles. The summed E-state index contributed by atoms with van der Waals surface area (Å²) in [5.74, 6) is 1.04. The first-order chi connectivity index (χ1) is 10.1. The van der Waals surface area contributed by atoms with Crippen LogP contribution in [0.3, 0.4) is 0 Å². The predicted molar refractivity (Wildman–Crippen MR) is 92.1 cm³/mol. The molecule has 3 aromatic rings. The van der Waals surface area contributed by atoms with Gasteiger partial charge in [-0.05, 0) is 28.1 Å². The molecule has 0 N–H and O–H groups in total. The van der Waals surface area contributed by atoms with Crippen molar-refractivity contribution in [3.63, 3.8) is 0 Å². The summed E-state index contributed by atoms with van der Waals surface area (Å²) in [6, 6.07) is 15.7. The van der Waals surface area contributed by atoms with E-state index < -0.39 is 4.92 Å². The summed E-state index contributed by atoms with van der Waals surface area (Å²) in [6.45, 7) is 0. The Bertz CT molecular complexity index is 786. The molecule has 0 unspecified atom stereocenters.